The zero-order valence-electron chi connectivity index (χ0n) is 9.17. The SMILES string of the molecule is Cc1cc(Nc2cc(Cl)cc(Cl)c2)cc(N)n1. The van der Waals surface area contributed by atoms with Crippen molar-refractivity contribution in [1.82, 2.24) is 4.98 Å². The van der Waals surface area contributed by atoms with Gasteiger partial charge in [0, 0.05) is 33.2 Å². The smallest absolute Gasteiger partial charge is 0.125 e. The Balaban J connectivity index is 2.31. The number of rotatable bonds is 2. The van der Waals surface area contributed by atoms with E-state index in [2.05, 4.69) is 10.3 Å². The average molecular weight is 268 g/mol. The van der Waals surface area contributed by atoms with Crippen LogP contribution in [-0.2, 0) is 0 Å². The first-order valence-electron chi connectivity index (χ1n) is 5.00. The summed E-state index contributed by atoms with van der Waals surface area (Å²) in [7, 11) is 0. The molecule has 2 rings (SSSR count). The standard InChI is InChI=1S/C12H11Cl2N3/c1-7-2-10(6-12(15)16-7)17-11-4-8(13)3-9(14)5-11/h2-6H,1H3,(H3,15,16,17). The normalized spacial score (nSPS) is 10.3. The van der Waals surface area contributed by atoms with E-state index in [0.29, 0.717) is 15.9 Å². The van der Waals surface area contributed by atoms with Gasteiger partial charge in [-0.3, -0.25) is 0 Å². The molecular weight excluding hydrogens is 257 g/mol. The zero-order chi connectivity index (χ0) is 12.4. The maximum Gasteiger partial charge on any atom is 0.125 e. The van der Waals surface area contributed by atoms with Gasteiger partial charge < -0.3 is 11.1 Å². The molecule has 17 heavy (non-hydrogen) atoms. The number of benzene rings is 1. The molecule has 0 saturated carbocycles. The summed E-state index contributed by atoms with van der Waals surface area (Å²) in [6.45, 7) is 1.88. The van der Waals surface area contributed by atoms with Crippen LogP contribution in [0.3, 0.4) is 0 Å². The average Bonchev–Trinajstić information content (AvgIpc) is 2.13. The molecular formula is C12H11Cl2N3. The molecule has 5 heteroatoms. The van der Waals surface area contributed by atoms with Crippen LogP contribution in [-0.4, -0.2) is 4.98 Å². The van der Waals surface area contributed by atoms with Crippen molar-refractivity contribution in [2.75, 3.05) is 11.1 Å². The van der Waals surface area contributed by atoms with Gasteiger partial charge in [-0.05, 0) is 31.2 Å². The van der Waals surface area contributed by atoms with Gasteiger partial charge in [-0.15, -0.1) is 0 Å². The summed E-state index contributed by atoms with van der Waals surface area (Å²) in [5, 5.41) is 4.34. The molecule has 0 atom stereocenters. The molecule has 88 valence electrons. The Morgan fingerprint density at radius 2 is 1.59 bits per heavy atom. The number of nitrogens with zero attached hydrogens (tertiary/aromatic N) is 1. The molecule has 0 aliphatic rings. The molecule has 0 aliphatic carbocycles. The van der Waals surface area contributed by atoms with Crippen LogP contribution in [0.15, 0.2) is 30.3 Å². The molecule has 0 radical (unpaired) electrons. The summed E-state index contributed by atoms with van der Waals surface area (Å²) in [4.78, 5) is 4.10. The molecule has 3 N–H and O–H groups in total. The minimum atomic E-state index is 0.473. The van der Waals surface area contributed by atoms with Crippen LogP contribution in [0.5, 0.6) is 0 Å². The number of nitrogens with one attached hydrogen (secondary N) is 1. The summed E-state index contributed by atoms with van der Waals surface area (Å²) in [6.07, 6.45) is 0. The van der Waals surface area contributed by atoms with Crippen LogP contribution in [0.4, 0.5) is 17.2 Å². The highest BCUT2D eigenvalue weighted by molar-refractivity contribution is 6.35. The lowest BCUT2D eigenvalue weighted by Gasteiger charge is -2.08. The Morgan fingerprint density at radius 3 is 2.18 bits per heavy atom. The maximum absolute atomic E-state index is 5.92. The Hall–Kier alpha value is -1.45. The Morgan fingerprint density at radius 1 is 1.00 bits per heavy atom. The van der Waals surface area contributed by atoms with E-state index in [1.165, 1.54) is 0 Å². The molecule has 0 fully saturated rings. The van der Waals surface area contributed by atoms with E-state index in [9.17, 15) is 0 Å². The Labute approximate surface area is 110 Å². The first-order chi connectivity index (χ1) is 8.02. The zero-order valence-corrected chi connectivity index (χ0v) is 10.7. The summed E-state index contributed by atoms with van der Waals surface area (Å²) in [5.41, 5.74) is 8.18. The fraction of sp³-hybridized carbons (Fsp3) is 0.0833. The minimum Gasteiger partial charge on any atom is -0.384 e. The van der Waals surface area contributed by atoms with Gasteiger partial charge in [-0.2, -0.15) is 0 Å². The van der Waals surface area contributed by atoms with Crippen molar-refractivity contribution in [2.24, 2.45) is 0 Å². The molecule has 1 aromatic carbocycles. The van der Waals surface area contributed by atoms with E-state index in [0.717, 1.165) is 17.1 Å². The fourth-order valence-corrected chi connectivity index (χ4v) is 2.09. The number of nitrogens with two attached hydrogens (primary N) is 1. The fourth-order valence-electron chi connectivity index (χ4n) is 1.56. The molecule has 0 aliphatic heterocycles. The molecule has 0 saturated heterocycles. The number of nitrogen functional groups attached to an aromatic ring is 1. The number of anilines is 3. The molecule has 0 unspecified atom stereocenters. The number of hydrogen-bond acceptors (Lipinski definition) is 3. The second-order valence-corrected chi connectivity index (χ2v) is 4.58. The number of halogens is 2. The predicted octanol–water partition coefficient (Wildman–Crippen LogP) is 4.02. The molecule has 1 heterocycles. The van der Waals surface area contributed by atoms with E-state index in [-0.39, 0.29) is 0 Å². The van der Waals surface area contributed by atoms with E-state index in [1.54, 1.807) is 24.3 Å². The summed E-state index contributed by atoms with van der Waals surface area (Å²) in [6, 6.07) is 8.91. The van der Waals surface area contributed by atoms with Crippen molar-refractivity contribution < 1.29 is 0 Å². The molecule has 3 nitrogen and oxygen atoms in total. The number of aryl methyl sites for hydroxylation is 1. The van der Waals surface area contributed by atoms with Crippen LogP contribution >= 0.6 is 23.2 Å². The van der Waals surface area contributed by atoms with E-state index >= 15 is 0 Å². The van der Waals surface area contributed by atoms with Crippen molar-refractivity contribution in [2.45, 2.75) is 6.92 Å². The van der Waals surface area contributed by atoms with Gasteiger partial charge in [0.1, 0.15) is 5.82 Å². The van der Waals surface area contributed by atoms with E-state index < -0.39 is 0 Å². The second kappa shape index (κ2) is 4.82. The van der Waals surface area contributed by atoms with E-state index in [1.807, 2.05) is 13.0 Å². The minimum absolute atomic E-state index is 0.473. The lowest BCUT2D eigenvalue weighted by molar-refractivity contribution is 1.21. The monoisotopic (exact) mass is 267 g/mol. The largest absolute Gasteiger partial charge is 0.384 e. The topological polar surface area (TPSA) is 50.9 Å². The van der Waals surface area contributed by atoms with Gasteiger partial charge in [-0.25, -0.2) is 4.98 Å². The second-order valence-electron chi connectivity index (χ2n) is 3.71. The number of pyridine rings is 1. The van der Waals surface area contributed by atoms with Gasteiger partial charge in [0.25, 0.3) is 0 Å². The van der Waals surface area contributed by atoms with Crippen LogP contribution < -0.4 is 11.1 Å². The Bertz CT molecular complexity index is 465. The first kappa shape index (κ1) is 12.0. The molecule has 2 aromatic rings. The first-order valence-corrected chi connectivity index (χ1v) is 5.76. The molecule has 0 bridgehead atoms. The Kier molecular flexibility index (Phi) is 3.41. The van der Waals surface area contributed by atoms with Crippen molar-refractivity contribution in [3.63, 3.8) is 0 Å². The van der Waals surface area contributed by atoms with Gasteiger partial charge in [-0.1, -0.05) is 23.2 Å². The van der Waals surface area contributed by atoms with Crippen molar-refractivity contribution in [1.29, 1.82) is 0 Å². The third-order valence-electron chi connectivity index (χ3n) is 2.12. The van der Waals surface area contributed by atoms with Crippen molar-refractivity contribution in [3.05, 3.63) is 46.1 Å². The third-order valence-corrected chi connectivity index (χ3v) is 2.56. The molecule has 0 amide bonds. The molecule has 1 aromatic heterocycles. The lowest BCUT2D eigenvalue weighted by Crippen LogP contribution is -1.96. The highest BCUT2D eigenvalue weighted by Gasteiger charge is 2.01. The van der Waals surface area contributed by atoms with Crippen LogP contribution in [0.25, 0.3) is 0 Å². The molecule has 0 spiro atoms. The summed E-state index contributed by atoms with van der Waals surface area (Å²) < 4.78 is 0. The number of aromatic nitrogens is 1. The third kappa shape index (κ3) is 3.25. The highest BCUT2D eigenvalue weighted by atomic mass is 35.5. The number of hydrogen-bond donors (Lipinski definition) is 2. The maximum atomic E-state index is 5.92. The van der Waals surface area contributed by atoms with Gasteiger partial charge in [0.15, 0.2) is 0 Å². The van der Waals surface area contributed by atoms with Crippen LogP contribution in [0.1, 0.15) is 5.69 Å². The lowest BCUT2D eigenvalue weighted by atomic mass is 10.2. The van der Waals surface area contributed by atoms with Gasteiger partial charge in [0.05, 0.1) is 0 Å². The van der Waals surface area contributed by atoms with Gasteiger partial charge in [0.2, 0.25) is 0 Å². The highest BCUT2D eigenvalue weighted by Crippen LogP contribution is 2.25. The predicted molar refractivity (Wildman–Crippen MR) is 73.1 cm³/mol. The van der Waals surface area contributed by atoms with Crippen LogP contribution in [0, 0.1) is 6.92 Å². The summed E-state index contributed by atoms with van der Waals surface area (Å²) >= 11 is 11.8. The van der Waals surface area contributed by atoms with Gasteiger partial charge >= 0.3 is 0 Å². The van der Waals surface area contributed by atoms with Crippen molar-refractivity contribution >= 4 is 40.4 Å². The van der Waals surface area contributed by atoms with Crippen LogP contribution in [0.2, 0.25) is 10.0 Å². The van der Waals surface area contributed by atoms with Crippen molar-refractivity contribution in [3.8, 4) is 0 Å². The quantitative estimate of drug-likeness (QED) is 0.864. The van der Waals surface area contributed by atoms with E-state index in [4.69, 9.17) is 28.9 Å². The summed E-state index contributed by atoms with van der Waals surface area (Å²) in [5.74, 6) is 0.473.